The van der Waals surface area contributed by atoms with Crippen LogP contribution in [0.4, 0.5) is 0 Å². The molecule has 0 radical (unpaired) electrons. The van der Waals surface area contributed by atoms with Crippen LogP contribution in [0, 0.1) is 5.41 Å². The van der Waals surface area contributed by atoms with Gasteiger partial charge >= 0.3 is 0 Å². The van der Waals surface area contributed by atoms with Crippen molar-refractivity contribution in [2.24, 2.45) is 0 Å². The van der Waals surface area contributed by atoms with E-state index in [1.165, 1.54) is 6.21 Å². The van der Waals surface area contributed by atoms with Gasteiger partial charge in [0.15, 0.2) is 0 Å². The molecule has 0 amide bonds. The van der Waals surface area contributed by atoms with Gasteiger partial charge in [-0.3, -0.25) is 0 Å². The van der Waals surface area contributed by atoms with Gasteiger partial charge < -0.3 is 15.6 Å². The van der Waals surface area contributed by atoms with Gasteiger partial charge in [0, 0.05) is 38.1 Å². The Morgan fingerprint density at radius 1 is 1.42 bits per heavy atom. The number of hydrogen-bond acceptors (Lipinski definition) is 3. The van der Waals surface area contributed by atoms with Crippen LogP contribution in [0.1, 0.15) is 0 Å². The molecule has 1 heterocycles. The van der Waals surface area contributed by atoms with Gasteiger partial charge in [-0.1, -0.05) is 6.58 Å². The van der Waals surface area contributed by atoms with Crippen molar-refractivity contribution in [3.05, 3.63) is 24.4 Å². The lowest BCUT2D eigenvalue weighted by atomic mass is 10.3. The predicted octanol–water partition coefficient (Wildman–Crippen LogP) is 0.611. The molecule has 3 nitrogen and oxygen atoms in total. The number of nitrogens with one attached hydrogen (secondary N) is 2. The molecule has 66 valence electrons. The number of rotatable bonds is 3. The molecule has 0 aromatic heterocycles. The number of piperazine rings is 1. The van der Waals surface area contributed by atoms with Crippen LogP contribution in [-0.4, -0.2) is 37.3 Å². The third-order valence-corrected chi connectivity index (χ3v) is 1.95. The number of nitrogens with zero attached hydrogens (tertiary/aromatic N) is 1. The Morgan fingerprint density at radius 2 is 2.08 bits per heavy atom. The van der Waals surface area contributed by atoms with E-state index in [1.807, 2.05) is 0 Å². The van der Waals surface area contributed by atoms with Crippen molar-refractivity contribution in [2.45, 2.75) is 0 Å². The fraction of sp³-hybridized carbons (Fsp3) is 0.444. The summed E-state index contributed by atoms with van der Waals surface area (Å²) in [6.07, 6.45) is 4.88. The summed E-state index contributed by atoms with van der Waals surface area (Å²) >= 11 is 0. The lowest BCUT2D eigenvalue weighted by Gasteiger charge is -2.29. The van der Waals surface area contributed by atoms with Crippen LogP contribution in [0.25, 0.3) is 0 Å². The second kappa shape index (κ2) is 4.72. The summed E-state index contributed by atoms with van der Waals surface area (Å²) in [6, 6.07) is 0. The molecular weight excluding hydrogens is 150 g/mol. The third kappa shape index (κ3) is 2.20. The number of allylic oxidation sites excluding steroid dienone is 2. The molecule has 0 aliphatic carbocycles. The zero-order valence-corrected chi connectivity index (χ0v) is 7.21. The molecule has 0 unspecified atom stereocenters. The Kier molecular flexibility index (Phi) is 3.54. The van der Waals surface area contributed by atoms with Crippen molar-refractivity contribution in [3.63, 3.8) is 0 Å². The van der Waals surface area contributed by atoms with Gasteiger partial charge in [-0.15, -0.1) is 0 Å². The molecule has 1 fully saturated rings. The van der Waals surface area contributed by atoms with Crippen molar-refractivity contribution < 1.29 is 0 Å². The Hall–Kier alpha value is -1.09. The Labute approximate surface area is 73.3 Å². The molecule has 0 aromatic rings. The van der Waals surface area contributed by atoms with Crippen LogP contribution in [-0.2, 0) is 0 Å². The molecule has 0 bridgehead atoms. The molecule has 1 rings (SSSR count). The minimum Gasteiger partial charge on any atom is -0.369 e. The van der Waals surface area contributed by atoms with E-state index in [1.54, 1.807) is 12.2 Å². The van der Waals surface area contributed by atoms with Crippen LogP contribution in [0.15, 0.2) is 24.4 Å². The van der Waals surface area contributed by atoms with Gasteiger partial charge in [0.2, 0.25) is 0 Å². The monoisotopic (exact) mass is 165 g/mol. The topological polar surface area (TPSA) is 39.1 Å². The molecule has 12 heavy (non-hydrogen) atoms. The molecule has 1 saturated heterocycles. The van der Waals surface area contributed by atoms with E-state index in [9.17, 15) is 0 Å². The maximum Gasteiger partial charge on any atom is 0.0376 e. The first kappa shape index (κ1) is 9.00. The van der Waals surface area contributed by atoms with Crippen LogP contribution >= 0.6 is 0 Å². The second-order valence-corrected chi connectivity index (χ2v) is 2.70. The van der Waals surface area contributed by atoms with Gasteiger partial charge in [0.25, 0.3) is 0 Å². The summed E-state index contributed by atoms with van der Waals surface area (Å²) in [5, 5.41) is 10.2. The fourth-order valence-corrected chi connectivity index (χ4v) is 1.31. The molecule has 2 N–H and O–H groups in total. The predicted molar refractivity (Wildman–Crippen MR) is 51.5 cm³/mol. The minimum atomic E-state index is 1.01. The lowest BCUT2D eigenvalue weighted by molar-refractivity contribution is 0.308. The molecule has 0 spiro atoms. The summed E-state index contributed by atoms with van der Waals surface area (Å²) in [4.78, 5) is 2.23. The van der Waals surface area contributed by atoms with Crippen LogP contribution in [0.5, 0.6) is 0 Å². The van der Waals surface area contributed by atoms with Crippen molar-refractivity contribution in [3.8, 4) is 0 Å². The Balaban J connectivity index is 2.57. The molecule has 3 heteroatoms. The maximum atomic E-state index is 6.96. The summed E-state index contributed by atoms with van der Waals surface area (Å²) in [7, 11) is 0. The van der Waals surface area contributed by atoms with Crippen LogP contribution in [0.3, 0.4) is 0 Å². The van der Waals surface area contributed by atoms with Gasteiger partial charge in [-0.2, -0.15) is 0 Å². The first-order valence-electron chi connectivity index (χ1n) is 4.17. The zero-order valence-electron chi connectivity index (χ0n) is 7.21. The van der Waals surface area contributed by atoms with E-state index in [4.69, 9.17) is 5.41 Å². The summed E-state index contributed by atoms with van der Waals surface area (Å²) in [5.41, 5.74) is 1.05. The van der Waals surface area contributed by atoms with Crippen molar-refractivity contribution in [1.29, 1.82) is 5.41 Å². The zero-order chi connectivity index (χ0) is 8.81. The van der Waals surface area contributed by atoms with E-state index >= 15 is 0 Å². The summed E-state index contributed by atoms with van der Waals surface area (Å²) in [5.74, 6) is 0. The molecule has 0 atom stereocenters. The largest absolute Gasteiger partial charge is 0.369 e. The van der Waals surface area contributed by atoms with Gasteiger partial charge in [0.05, 0.1) is 0 Å². The van der Waals surface area contributed by atoms with Crippen molar-refractivity contribution in [2.75, 3.05) is 26.2 Å². The van der Waals surface area contributed by atoms with Gasteiger partial charge in [0.1, 0.15) is 0 Å². The first-order valence-corrected chi connectivity index (χ1v) is 4.17. The summed E-state index contributed by atoms with van der Waals surface area (Å²) in [6.45, 7) is 7.77. The van der Waals surface area contributed by atoms with E-state index < -0.39 is 0 Å². The van der Waals surface area contributed by atoms with E-state index in [0.29, 0.717) is 0 Å². The van der Waals surface area contributed by atoms with Gasteiger partial charge in [-0.25, -0.2) is 0 Å². The normalized spacial score (nSPS) is 19.0. The summed E-state index contributed by atoms with van der Waals surface area (Å²) < 4.78 is 0. The van der Waals surface area contributed by atoms with Crippen molar-refractivity contribution in [1.82, 2.24) is 10.2 Å². The SMILES string of the molecule is C=C/C(=C\C=N)N1CCNCC1. The smallest absolute Gasteiger partial charge is 0.0376 e. The highest BCUT2D eigenvalue weighted by molar-refractivity contribution is 5.69. The van der Waals surface area contributed by atoms with Crippen LogP contribution in [0.2, 0.25) is 0 Å². The molecule has 0 saturated carbocycles. The van der Waals surface area contributed by atoms with Gasteiger partial charge in [-0.05, 0) is 12.2 Å². The standard InChI is InChI=1S/C9H15N3/c1-2-9(3-4-10)12-7-5-11-6-8-12/h2-4,10-11H,1,5-8H2/b9-3+,10-4?. The first-order chi connectivity index (χ1) is 5.88. The average Bonchev–Trinajstić information content (AvgIpc) is 2.15. The molecule has 1 aliphatic rings. The van der Waals surface area contributed by atoms with Crippen molar-refractivity contribution >= 4 is 6.21 Å². The molecule has 0 aromatic carbocycles. The lowest BCUT2D eigenvalue weighted by Crippen LogP contribution is -2.42. The van der Waals surface area contributed by atoms with E-state index in [0.717, 1.165) is 31.9 Å². The Bertz CT molecular complexity index is 190. The second-order valence-electron chi connectivity index (χ2n) is 2.70. The third-order valence-electron chi connectivity index (χ3n) is 1.95. The average molecular weight is 165 g/mol. The maximum absolute atomic E-state index is 6.96. The van der Waals surface area contributed by atoms with E-state index in [-0.39, 0.29) is 0 Å². The van der Waals surface area contributed by atoms with E-state index in [2.05, 4.69) is 16.8 Å². The highest BCUT2D eigenvalue weighted by Gasteiger charge is 2.09. The fourth-order valence-electron chi connectivity index (χ4n) is 1.31. The minimum absolute atomic E-state index is 1.01. The Morgan fingerprint density at radius 3 is 2.58 bits per heavy atom. The van der Waals surface area contributed by atoms with Crippen LogP contribution < -0.4 is 5.32 Å². The highest BCUT2D eigenvalue weighted by Crippen LogP contribution is 2.05. The molecular formula is C9H15N3. The number of hydrogen-bond donors (Lipinski definition) is 2. The highest BCUT2D eigenvalue weighted by atomic mass is 15.2. The quantitative estimate of drug-likeness (QED) is 0.475. The molecule has 1 aliphatic heterocycles.